The Morgan fingerprint density at radius 1 is 1.50 bits per heavy atom. The third-order valence-electron chi connectivity index (χ3n) is 2.60. The smallest absolute Gasteiger partial charge is 0.269 e. The average molecular weight is 262 g/mol. The highest BCUT2D eigenvalue weighted by Gasteiger charge is 2.15. The lowest BCUT2D eigenvalue weighted by Gasteiger charge is -2.08. The first kappa shape index (κ1) is 12.5. The van der Waals surface area contributed by atoms with Crippen LogP contribution in [-0.4, -0.2) is 15.5 Å². The molecule has 0 aliphatic rings. The van der Waals surface area contributed by atoms with Crippen molar-refractivity contribution in [3.63, 3.8) is 0 Å². The molecule has 0 saturated heterocycles. The van der Waals surface area contributed by atoms with Gasteiger partial charge in [0.05, 0.1) is 5.69 Å². The Hall–Kier alpha value is -1.95. The van der Waals surface area contributed by atoms with E-state index in [0.29, 0.717) is 17.0 Å². The number of hydrogen-bond acceptors (Lipinski definition) is 5. The maximum absolute atomic E-state index is 12.1. The van der Waals surface area contributed by atoms with E-state index in [1.807, 2.05) is 19.9 Å². The van der Waals surface area contributed by atoms with Crippen LogP contribution in [0.25, 0.3) is 0 Å². The third kappa shape index (κ3) is 2.48. The van der Waals surface area contributed by atoms with E-state index in [2.05, 4.69) is 14.9 Å². The molecule has 5 nitrogen and oxygen atoms in total. The van der Waals surface area contributed by atoms with Crippen molar-refractivity contribution in [3.05, 3.63) is 34.3 Å². The molecule has 0 saturated carbocycles. The van der Waals surface area contributed by atoms with Crippen LogP contribution in [0.1, 0.15) is 27.9 Å². The molecule has 2 rings (SSSR count). The lowest BCUT2D eigenvalue weighted by atomic mass is 10.1. The molecular weight excluding hydrogens is 248 g/mol. The number of amides is 1. The second-order valence-electron chi connectivity index (χ2n) is 3.93. The Bertz CT molecular complexity index is 579. The van der Waals surface area contributed by atoms with Gasteiger partial charge in [0.2, 0.25) is 0 Å². The molecule has 0 aliphatic carbocycles. The summed E-state index contributed by atoms with van der Waals surface area (Å²) in [7, 11) is 0. The lowest BCUT2D eigenvalue weighted by Crippen LogP contribution is -2.13. The van der Waals surface area contributed by atoms with Crippen LogP contribution in [-0.2, 0) is 6.42 Å². The SMILES string of the molecule is CCc1nnsc1C(=O)Nc1ccc(N)cc1C. The second-order valence-corrected chi connectivity index (χ2v) is 4.68. The number of hydrogen-bond donors (Lipinski definition) is 2. The minimum atomic E-state index is -0.172. The third-order valence-corrected chi connectivity index (χ3v) is 3.36. The van der Waals surface area contributed by atoms with E-state index in [0.717, 1.165) is 28.5 Å². The fourth-order valence-corrected chi connectivity index (χ4v) is 2.26. The standard InChI is InChI=1S/C12H14N4OS/c1-3-9-11(18-16-15-9)12(17)14-10-5-4-8(13)6-7(10)2/h4-6H,3,13H2,1-2H3,(H,14,17). The van der Waals surface area contributed by atoms with E-state index in [9.17, 15) is 4.79 Å². The van der Waals surface area contributed by atoms with E-state index < -0.39 is 0 Å². The van der Waals surface area contributed by atoms with Gasteiger partial charge in [0, 0.05) is 11.4 Å². The van der Waals surface area contributed by atoms with Gasteiger partial charge in [-0.1, -0.05) is 11.4 Å². The summed E-state index contributed by atoms with van der Waals surface area (Å²) in [6, 6.07) is 5.37. The van der Waals surface area contributed by atoms with Crippen molar-refractivity contribution < 1.29 is 4.79 Å². The van der Waals surface area contributed by atoms with E-state index in [1.165, 1.54) is 0 Å². The summed E-state index contributed by atoms with van der Waals surface area (Å²) < 4.78 is 3.80. The van der Waals surface area contributed by atoms with Gasteiger partial charge in [0.25, 0.3) is 5.91 Å². The Balaban J connectivity index is 2.21. The fraction of sp³-hybridized carbons (Fsp3) is 0.250. The van der Waals surface area contributed by atoms with Gasteiger partial charge in [0.15, 0.2) is 0 Å². The molecular formula is C12H14N4OS. The van der Waals surface area contributed by atoms with Crippen molar-refractivity contribution in [2.75, 3.05) is 11.1 Å². The van der Waals surface area contributed by atoms with Crippen molar-refractivity contribution in [3.8, 4) is 0 Å². The van der Waals surface area contributed by atoms with Gasteiger partial charge in [-0.05, 0) is 48.6 Å². The van der Waals surface area contributed by atoms with E-state index in [4.69, 9.17) is 5.73 Å². The number of aromatic nitrogens is 2. The Kier molecular flexibility index (Phi) is 3.57. The van der Waals surface area contributed by atoms with Crippen LogP contribution in [0.2, 0.25) is 0 Å². The highest BCUT2D eigenvalue weighted by atomic mass is 32.1. The van der Waals surface area contributed by atoms with Gasteiger partial charge < -0.3 is 11.1 Å². The second kappa shape index (κ2) is 5.14. The van der Waals surface area contributed by atoms with Crippen LogP contribution in [0.15, 0.2) is 18.2 Å². The predicted molar refractivity (Wildman–Crippen MR) is 72.8 cm³/mol. The number of carbonyl (C=O) groups excluding carboxylic acids is 1. The minimum Gasteiger partial charge on any atom is -0.399 e. The maximum Gasteiger partial charge on any atom is 0.269 e. The number of nitrogens with two attached hydrogens (primary N) is 1. The van der Waals surface area contributed by atoms with Crippen LogP contribution in [0.3, 0.4) is 0 Å². The molecule has 0 spiro atoms. The Morgan fingerprint density at radius 3 is 2.94 bits per heavy atom. The molecule has 1 aromatic heterocycles. The molecule has 18 heavy (non-hydrogen) atoms. The van der Waals surface area contributed by atoms with E-state index >= 15 is 0 Å². The summed E-state index contributed by atoms with van der Waals surface area (Å²) >= 11 is 1.11. The number of benzene rings is 1. The highest BCUT2D eigenvalue weighted by molar-refractivity contribution is 7.08. The zero-order valence-corrected chi connectivity index (χ0v) is 11.0. The van der Waals surface area contributed by atoms with Gasteiger partial charge in [-0.2, -0.15) is 0 Å². The molecule has 0 unspecified atom stereocenters. The molecule has 1 heterocycles. The van der Waals surface area contributed by atoms with Gasteiger partial charge in [0.1, 0.15) is 4.88 Å². The summed E-state index contributed by atoms with van der Waals surface area (Å²) in [6.45, 7) is 3.85. The molecule has 0 atom stereocenters. The lowest BCUT2D eigenvalue weighted by molar-refractivity contribution is 0.102. The van der Waals surface area contributed by atoms with Crippen molar-refractivity contribution in [1.82, 2.24) is 9.59 Å². The van der Waals surface area contributed by atoms with Gasteiger partial charge in [-0.15, -0.1) is 5.10 Å². The molecule has 0 radical (unpaired) electrons. The molecule has 0 fully saturated rings. The average Bonchev–Trinajstić information content (AvgIpc) is 2.81. The predicted octanol–water partition coefficient (Wildman–Crippen LogP) is 2.24. The molecule has 6 heteroatoms. The molecule has 3 N–H and O–H groups in total. The fourth-order valence-electron chi connectivity index (χ4n) is 1.62. The summed E-state index contributed by atoms with van der Waals surface area (Å²) in [6.07, 6.45) is 0.694. The number of rotatable bonds is 3. The van der Waals surface area contributed by atoms with Crippen molar-refractivity contribution in [1.29, 1.82) is 0 Å². The summed E-state index contributed by atoms with van der Waals surface area (Å²) in [5, 5.41) is 6.77. The van der Waals surface area contributed by atoms with Gasteiger partial charge in [-0.3, -0.25) is 4.79 Å². The molecule has 2 aromatic rings. The van der Waals surface area contributed by atoms with E-state index in [1.54, 1.807) is 12.1 Å². The summed E-state index contributed by atoms with van der Waals surface area (Å²) in [5.74, 6) is -0.172. The van der Waals surface area contributed by atoms with Gasteiger partial charge in [-0.25, -0.2) is 0 Å². The maximum atomic E-state index is 12.1. The summed E-state index contributed by atoms with van der Waals surface area (Å²) in [5.41, 5.74) is 8.76. The number of nitrogens with one attached hydrogen (secondary N) is 1. The topological polar surface area (TPSA) is 80.9 Å². The Morgan fingerprint density at radius 2 is 2.28 bits per heavy atom. The van der Waals surface area contributed by atoms with Crippen LogP contribution in [0, 0.1) is 6.92 Å². The van der Waals surface area contributed by atoms with Crippen LogP contribution in [0.5, 0.6) is 0 Å². The van der Waals surface area contributed by atoms with Crippen molar-refractivity contribution in [2.45, 2.75) is 20.3 Å². The Labute approximate surface area is 109 Å². The number of anilines is 2. The van der Waals surface area contributed by atoms with Crippen LogP contribution in [0.4, 0.5) is 11.4 Å². The van der Waals surface area contributed by atoms with Crippen molar-refractivity contribution >= 4 is 28.8 Å². The number of nitrogens with zero attached hydrogens (tertiary/aromatic N) is 2. The van der Waals surface area contributed by atoms with E-state index in [-0.39, 0.29) is 5.91 Å². The van der Waals surface area contributed by atoms with Crippen LogP contribution >= 0.6 is 11.5 Å². The first-order valence-electron chi connectivity index (χ1n) is 5.60. The van der Waals surface area contributed by atoms with Crippen molar-refractivity contribution in [2.24, 2.45) is 0 Å². The largest absolute Gasteiger partial charge is 0.399 e. The minimum absolute atomic E-state index is 0.172. The first-order chi connectivity index (χ1) is 8.61. The normalized spacial score (nSPS) is 10.3. The first-order valence-corrected chi connectivity index (χ1v) is 6.38. The van der Waals surface area contributed by atoms with Gasteiger partial charge >= 0.3 is 0 Å². The molecule has 0 aliphatic heterocycles. The molecule has 0 bridgehead atoms. The molecule has 1 amide bonds. The number of nitrogen functional groups attached to an aromatic ring is 1. The zero-order chi connectivity index (χ0) is 13.1. The number of carbonyl (C=O) groups is 1. The molecule has 1 aromatic carbocycles. The summed E-state index contributed by atoms with van der Waals surface area (Å²) in [4.78, 5) is 12.6. The monoisotopic (exact) mass is 262 g/mol. The number of aryl methyl sites for hydroxylation is 2. The van der Waals surface area contributed by atoms with Crippen LogP contribution < -0.4 is 11.1 Å². The zero-order valence-electron chi connectivity index (χ0n) is 10.2. The highest BCUT2D eigenvalue weighted by Crippen LogP contribution is 2.20. The quantitative estimate of drug-likeness (QED) is 0.831. The molecule has 94 valence electrons.